The molecule has 1 aliphatic carbocycles. The summed E-state index contributed by atoms with van der Waals surface area (Å²) in [6, 6.07) is -1.79. The summed E-state index contributed by atoms with van der Waals surface area (Å²) in [5, 5.41) is 11.1. The zero-order valence-corrected chi connectivity index (χ0v) is 16.5. The molecule has 15 nitrogen and oxygen atoms in total. The Balaban J connectivity index is 1.87. The molecule has 0 unspecified atom stereocenters. The van der Waals surface area contributed by atoms with Crippen LogP contribution < -0.4 is 0 Å². The Kier molecular flexibility index (Phi) is 7.06. The average molecular weight is 422 g/mol. The first kappa shape index (κ1) is 21.8. The third-order valence-corrected chi connectivity index (χ3v) is 5.63. The summed E-state index contributed by atoms with van der Waals surface area (Å²) in [4.78, 5) is 22.1. The van der Waals surface area contributed by atoms with Gasteiger partial charge in [-0.05, 0) is 35.9 Å². The van der Waals surface area contributed by atoms with Gasteiger partial charge in [0.25, 0.3) is 0 Å². The molecule has 3 rings (SSSR count). The molecule has 3 aliphatic rings. The van der Waals surface area contributed by atoms with Crippen molar-refractivity contribution in [2.45, 2.75) is 68.1 Å². The van der Waals surface area contributed by atoms with Gasteiger partial charge >= 0.3 is 6.09 Å². The minimum absolute atomic E-state index is 0.0965. The van der Waals surface area contributed by atoms with E-state index in [2.05, 4.69) is 30.1 Å². The van der Waals surface area contributed by atoms with Gasteiger partial charge < -0.3 is 23.8 Å². The molecular formula is C15H22N10O5. The van der Waals surface area contributed by atoms with E-state index in [0.717, 1.165) is 0 Å². The van der Waals surface area contributed by atoms with E-state index in [1.807, 2.05) is 0 Å². The Morgan fingerprint density at radius 1 is 1.17 bits per heavy atom. The second-order valence-electron chi connectivity index (χ2n) is 7.22. The molecule has 0 spiro atoms. The highest BCUT2D eigenvalue weighted by Gasteiger charge is 2.56. The lowest BCUT2D eigenvalue weighted by Crippen LogP contribution is -2.60. The number of fused-ring (bicyclic) bond motifs is 1. The molecule has 15 heteroatoms. The minimum Gasteiger partial charge on any atom is -0.441 e. The molecule has 0 aromatic heterocycles. The molecule has 162 valence electrons. The lowest BCUT2D eigenvalue weighted by atomic mass is 9.83. The number of carbonyl (C=O) groups is 1. The molecule has 2 heterocycles. The average Bonchev–Trinajstić information content (AvgIpc) is 3.04. The first-order valence-electron chi connectivity index (χ1n) is 9.40. The SMILES string of the molecule is CO[C@H]1C[C@H](N=[N+]=[N-])[C@@H](O[C@@H]2O[C@H](CN=[N+]=[N-])CC[C@@H]2N=[N+]=[N-])[C@@H]2OC(=O)N(C)[C@@H]21. The van der Waals surface area contributed by atoms with E-state index in [4.69, 9.17) is 35.5 Å². The summed E-state index contributed by atoms with van der Waals surface area (Å²) in [6.45, 7) is 0.0965. The van der Waals surface area contributed by atoms with Gasteiger partial charge in [-0.3, -0.25) is 0 Å². The van der Waals surface area contributed by atoms with Crippen LogP contribution in [-0.2, 0) is 18.9 Å². The molecule has 2 saturated heterocycles. The normalized spacial score (nSPS) is 37.8. The fourth-order valence-corrected chi connectivity index (χ4v) is 4.21. The Bertz CT molecular complexity index is 793. The fourth-order valence-electron chi connectivity index (χ4n) is 4.21. The molecule has 0 aromatic rings. The number of likely N-dealkylation sites (N-methyl/N-ethyl adjacent to an activating group) is 1. The second-order valence-corrected chi connectivity index (χ2v) is 7.22. The van der Waals surface area contributed by atoms with Crippen molar-refractivity contribution in [2.75, 3.05) is 20.7 Å². The Labute approximate surface area is 171 Å². The molecule has 0 aromatic carbocycles. The number of nitrogens with zero attached hydrogens (tertiary/aromatic N) is 10. The fraction of sp³-hybridized carbons (Fsp3) is 0.933. The predicted molar refractivity (Wildman–Crippen MR) is 99.9 cm³/mol. The molecule has 1 saturated carbocycles. The quantitative estimate of drug-likeness (QED) is 0.343. The maximum atomic E-state index is 12.2. The summed E-state index contributed by atoms with van der Waals surface area (Å²) in [5.74, 6) is 0. The van der Waals surface area contributed by atoms with E-state index in [0.29, 0.717) is 19.3 Å². The van der Waals surface area contributed by atoms with Crippen molar-refractivity contribution < 1.29 is 23.7 Å². The van der Waals surface area contributed by atoms with Crippen LogP contribution in [0.5, 0.6) is 0 Å². The van der Waals surface area contributed by atoms with Crippen LogP contribution in [-0.4, -0.2) is 80.5 Å². The highest BCUT2D eigenvalue weighted by molar-refractivity contribution is 5.70. The van der Waals surface area contributed by atoms with Crippen molar-refractivity contribution in [1.82, 2.24) is 4.90 Å². The van der Waals surface area contributed by atoms with Crippen LogP contribution in [0.4, 0.5) is 4.79 Å². The lowest BCUT2D eigenvalue weighted by Gasteiger charge is -2.44. The van der Waals surface area contributed by atoms with Gasteiger partial charge in [0.05, 0.1) is 30.8 Å². The molecule has 0 N–H and O–H groups in total. The first-order chi connectivity index (χ1) is 14.5. The predicted octanol–water partition coefficient (Wildman–Crippen LogP) is 2.78. The van der Waals surface area contributed by atoms with E-state index in [1.54, 1.807) is 7.05 Å². The summed E-state index contributed by atoms with van der Waals surface area (Å²) in [6.07, 6.45) is -2.71. The Morgan fingerprint density at radius 2 is 1.90 bits per heavy atom. The zero-order valence-electron chi connectivity index (χ0n) is 16.5. The number of amides is 1. The summed E-state index contributed by atoms with van der Waals surface area (Å²) in [7, 11) is 3.11. The summed E-state index contributed by atoms with van der Waals surface area (Å²) >= 11 is 0. The maximum absolute atomic E-state index is 12.2. The minimum atomic E-state index is -0.987. The first-order valence-corrected chi connectivity index (χ1v) is 9.40. The highest BCUT2D eigenvalue weighted by atomic mass is 16.7. The van der Waals surface area contributed by atoms with Crippen LogP contribution in [0.15, 0.2) is 15.3 Å². The standard InChI is InChI=1S/C15H22N10O5/c1-25-11-10(27-2)5-9(21-24-18)12(13(11)30-15(25)26)29-14-8(20-23-17)4-3-7(28-14)6-19-22-16/h7-14H,3-6H2,1-2H3/t7-,8-,9-,10-,11+,12+,13+,14-/m0/s1. The van der Waals surface area contributed by atoms with E-state index in [1.165, 1.54) is 12.0 Å². The van der Waals surface area contributed by atoms with Crippen LogP contribution in [0.25, 0.3) is 31.3 Å². The zero-order chi connectivity index (χ0) is 21.7. The number of azide groups is 3. The van der Waals surface area contributed by atoms with Gasteiger partial charge in [-0.15, -0.1) is 0 Å². The molecule has 0 radical (unpaired) electrons. The van der Waals surface area contributed by atoms with Gasteiger partial charge in [0.15, 0.2) is 12.4 Å². The van der Waals surface area contributed by atoms with Gasteiger partial charge in [0, 0.05) is 28.9 Å². The van der Waals surface area contributed by atoms with Gasteiger partial charge in [-0.1, -0.05) is 15.3 Å². The smallest absolute Gasteiger partial charge is 0.410 e. The molecule has 8 atom stereocenters. The molecular weight excluding hydrogens is 400 g/mol. The summed E-state index contributed by atoms with van der Waals surface area (Å²) in [5.41, 5.74) is 26.5. The topological polar surface area (TPSA) is 204 Å². The second kappa shape index (κ2) is 9.72. The van der Waals surface area contributed by atoms with E-state index in [-0.39, 0.29) is 6.54 Å². The van der Waals surface area contributed by atoms with Crippen LogP contribution in [0, 0.1) is 0 Å². The number of rotatable bonds is 7. The number of hydrogen-bond acceptors (Lipinski definition) is 8. The van der Waals surface area contributed by atoms with Crippen molar-refractivity contribution in [3.63, 3.8) is 0 Å². The highest BCUT2D eigenvalue weighted by Crippen LogP contribution is 2.38. The summed E-state index contributed by atoms with van der Waals surface area (Å²) < 4.78 is 23.0. The third-order valence-electron chi connectivity index (χ3n) is 5.63. The van der Waals surface area contributed by atoms with E-state index >= 15 is 0 Å². The van der Waals surface area contributed by atoms with Crippen molar-refractivity contribution in [3.8, 4) is 0 Å². The van der Waals surface area contributed by atoms with Crippen LogP contribution in [0.3, 0.4) is 0 Å². The maximum Gasteiger partial charge on any atom is 0.410 e. The molecule has 1 amide bonds. The van der Waals surface area contributed by atoms with Crippen LogP contribution in [0.1, 0.15) is 19.3 Å². The van der Waals surface area contributed by atoms with E-state index in [9.17, 15) is 4.79 Å². The van der Waals surface area contributed by atoms with Gasteiger partial charge in [0.2, 0.25) is 0 Å². The molecule has 2 aliphatic heterocycles. The lowest BCUT2D eigenvalue weighted by molar-refractivity contribution is -0.245. The van der Waals surface area contributed by atoms with Crippen molar-refractivity contribution >= 4 is 6.09 Å². The van der Waals surface area contributed by atoms with Crippen molar-refractivity contribution in [3.05, 3.63) is 31.3 Å². The van der Waals surface area contributed by atoms with Gasteiger partial charge in [-0.25, -0.2) is 4.79 Å². The van der Waals surface area contributed by atoms with Crippen molar-refractivity contribution in [1.29, 1.82) is 0 Å². The van der Waals surface area contributed by atoms with Crippen molar-refractivity contribution in [2.24, 2.45) is 15.3 Å². The molecule has 30 heavy (non-hydrogen) atoms. The number of methoxy groups -OCH3 is 1. The Morgan fingerprint density at radius 3 is 2.57 bits per heavy atom. The van der Waals surface area contributed by atoms with Gasteiger partial charge in [-0.2, -0.15) is 0 Å². The Hall–Kier alpha value is -2.92. The monoisotopic (exact) mass is 422 g/mol. The van der Waals surface area contributed by atoms with Crippen LogP contribution >= 0.6 is 0 Å². The molecule has 0 bridgehead atoms. The molecule has 3 fully saturated rings. The number of carbonyl (C=O) groups excluding carboxylic acids is 1. The number of hydrogen-bond donors (Lipinski definition) is 0. The van der Waals surface area contributed by atoms with Gasteiger partial charge in [0.1, 0.15) is 12.1 Å². The van der Waals surface area contributed by atoms with Crippen LogP contribution in [0.2, 0.25) is 0 Å². The van der Waals surface area contributed by atoms with E-state index < -0.39 is 54.9 Å². The largest absolute Gasteiger partial charge is 0.441 e. The third kappa shape index (κ3) is 4.31. The number of ether oxygens (including phenoxy) is 4.